The molecule has 21 heavy (non-hydrogen) atoms. The van der Waals surface area contributed by atoms with Gasteiger partial charge in [-0.2, -0.15) is 4.98 Å². The van der Waals surface area contributed by atoms with Gasteiger partial charge in [0.05, 0.1) is 10.6 Å². The zero-order valence-corrected chi connectivity index (χ0v) is 14.1. The molecule has 0 aliphatic carbocycles. The molecule has 2 aromatic rings. The molecular weight excluding hydrogens is 286 g/mol. The van der Waals surface area contributed by atoms with E-state index in [9.17, 15) is 0 Å². The van der Waals surface area contributed by atoms with Crippen molar-refractivity contribution in [2.75, 3.05) is 12.3 Å². The van der Waals surface area contributed by atoms with Crippen LogP contribution in [-0.4, -0.2) is 16.7 Å². The van der Waals surface area contributed by atoms with E-state index in [1.807, 2.05) is 20.8 Å². The van der Waals surface area contributed by atoms with Gasteiger partial charge in [0, 0.05) is 11.5 Å². The summed E-state index contributed by atoms with van der Waals surface area (Å²) in [6.45, 7) is 10.8. The highest BCUT2D eigenvalue weighted by molar-refractivity contribution is 7.16. The zero-order valence-electron chi connectivity index (χ0n) is 13.3. The topological polar surface area (TPSA) is 74.2 Å². The summed E-state index contributed by atoms with van der Waals surface area (Å²) in [7, 11) is 0. The lowest BCUT2D eigenvalue weighted by Gasteiger charge is -2.27. The predicted molar refractivity (Wildman–Crippen MR) is 85.4 cm³/mol. The molecule has 0 saturated carbocycles. The summed E-state index contributed by atoms with van der Waals surface area (Å²) < 4.78 is 11.4. The lowest BCUT2D eigenvalue weighted by Crippen LogP contribution is -2.29. The van der Waals surface area contributed by atoms with Crippen molar-refractivity contribution >= 4 is 16.3 Å². The minimum atomic E-state index is -0.482. The summed E-state index contributed by atoms with van der Waals surface area (Å²) in [5.41, 5.74) is 7.55. The second-order valence-corrected chi connectivity index (χ2v) is 6.34. The molecule has 0 aliphatic rings. The summed E-state index contributed by atoms with van der Waals surface area (Å²) in [5.74, 6) is 1.09. The summed E-state index contributed by atoms with van der Waals surface area (Å²) in [6, 6.07) is 0. The van der Waals surface area contributed by atoms with Crippen LogP contribution in [-0.2, 0) is 10.3 Å². The SMILES string of the molecule is CCOC(CC)(CC)c1noc(-c2c(N)sc(C)c2C)n1. The van der Waals surface area contributed by atoms with Crippen molar-refractivity contribution in [2.24, 2.45) is 0 Å². The summed E-state index contributed by atoms with van der Waals surface area (Å²) >= 11 is 1.55. The molecule has 0 unspecified atom stereocenters. The van der Waals surface area contributed by atoms with E-state index in [1.54, 1.807) is 11.3 Å². The van der Waals surface area contributed by atoms with Crippen LogP contribution in [0.5, 0.6) is 0 Å². The van der Waals surface area contributed by atoms with E-state index in [-0.39, 0.29) is 0 Å². The molecule has 6 heteroatoms. The number of ether oxygens (including phenoxy) is 1. The minimum absolute atomic E-state index is 0.482. The first kappa shape index (κ1) is 16.0. The molecule has 2 N–H and O–H groups in total. The third-order valence-corrected chi connectivity index (χ3v) is 5.06. The molecule has 0 fully saturated rings. The maximum atomic E-state index is 6.08. The van der Waals surface area contributed by atoms with Gasteiger partial charge in [-0.05, 0) is 39.2 Å². The van der Waals surface area contributed by atoms with Crippen molar-refractivity contribution in [2.45, 2.75) is 53.1 Å². The van der Waals surface area contributed by atoms with Crippen molar-refractivity contribution in [1.82, 2.24) is 10.1 Å². The van der Waals surface area contributed by atoms with Crippen molar-refractivity contribution < 1.29 is 9.26 Å². The van der Waals surface area contributed by atoms with E-state index in [0.717, 1.165) is 29.0 Å². The number of nitrogens with two attached hydrogens (primary N) is 1. The lowest BCUT2D eigenvalue weighted by molar-refractivity contribution is -0.0583. The first-order valence-corrected chi connectivity index (χ1v) is 8.14. The van der Waals surface area contributed by atoms with Gasteiger partial charge in [0.1, 0.15) is 5.60 Å². The van der Waals surface area contributed by atoms with Crippen molar-refractivity contribution in [3.63, 3.8) is 0 Å². The maximum absolute atomic E-state index is 6.08. The quantitative estimate of drug-likeness (QED) is 0.871. The van der Waals surface area contributed by atoms with E-state index >= 15 is 0 Å². The van der Waals surface area contributed by atoms with Crippen LogP contribution >= 0.6 is 11.3 Å². The molecule has 0 spiro atoms. The van der Waals surface area contributed by atoms with Crippen LogP contribution in [0.25, 0.3) is 11.5 Å². The highest BCUT2D eigenvalue weighted by Crippen LogP contribution is 2.39. The first-order chi connectivity index (χ1) is 9.99. The zero-order chi connectivity index (χ0) is 15.6. The van der Waals surface area contributed by atoms with Gasteiger partial charge in [0.25, 0.3) is 5.89 Å². The van der Waals surface area contributed by atoms with Gasteiger partial charge >= 0.3 is 0 Å². The number of hydrogen-bond acceptors (Lipinski definition) is 6. The highest BCUT2D eigenvalue weighted by atomic mass is 32.1. The van der Waals surface area contributed by atoms with E-state index in [2.05, 4.69) is 24.0 Å². The van der Waals surface area contributed by atoms with Gasteiger partial charge in [0.15, 0.2) is 0 Å². The molecule has 2 heterocycles. The normalized spacial score (nSPS) is 12.0. The molecule has 0 saturated heterocycles. The number of aromatic nitrogens is 2. The Hall–Kier alpha value is -1.40. The van der Waals surface area contributed by atoms with Crippen LogP contribution in [0.4, 0.5) is 5.00 Å². The van der Waals surface area contributed by atoms with E-state index in [0.29, 0.717) is 18.3 Å². The molecule has 0 atom stereocenters. The Morgan fingerprint density at radius 1 is 1.24 bits per heavy atom. The molecular formula is C15H23N3O2S. The summed E-state index contributed by atoms with van der Waals surface area (Å²) in [5, 5.41) is 4.87. The van der Waals surface area contributed by atoms with Gasteiger partial charge in [-0.3, -0.25) is 0 Å². The van der Waals surface area contributed by atoms with Gasteiger partial charge in [-0.25, -0.2) is 0 Å². The third kappa shape index (κ3) is 2.70. The lowest BCUT2D eigenvalue weighted by atomic mass is 9.96. The standard InChI is InChI=1S/C15H23N3O2S/c1-6-15(7-2,19-8-3)14-17-13(20-18-14)11-9(4)10(5)21-12(11)16/h6-8,16H2,1-5H3. The second kappa shape index (κ2) is 6.15. The Bertz CT molecular complexity index is 614. The number of anilines is 1. The monoisotopic (exact) mass is 309 g/mol. The Balaban J connectivity index is 2.46. The fraction of sp³-hybridized carbons (Fsp3) is 0.600. The van der Waals surface area contributed by atoms with Crippen LogP contribution in [0.2, 0.25) is 0 Å². The Morgan fingerprint density at radius 2 is 1.90 bits per heavy atom. The molecule has 2 rings (SSSR count). The Morgan fingerprint density at radius 3 is 2.38 bits per heavy atom. The average Bonchev–Trinajstić information content (AvgIpc) is 3.03. The second-order valence-electron chi connectivity index (χ2n) is 5.08. The van der Waals surface area contributed by atoms with Crippen molar-refractivity contribution in [1.29, 1.82) is 0 Å². The van der Waals surface area contributed by atoms with Crippen LogP contribution in [0, 0.1) is 13.8 Å². The van der Waals surface area contributed by atoms with Gasteiger partial charge in [-0.15, -0.1) is 11.3 Å². The summed E-state index contributed by atoms with van der Waals surface area (Å²) in [6.07, 6.45) is 1.60. The van der Waals surface area contributed by atoms with Crippen LogP contribution in [0.1, 0.15) is 49.9 Å². The Labute approximate surface area is 129 Å². The molecule has 5 nitrogen and oxygen atoms in total. The maximum Gasteiger partial charge on any atom is 0.261 e. The first-order valence-electron chi connectivity index (χ1n) is 7.33. The van der Waals surface area contributed by atoms with E-state index in [1.165, 1.54) is 4.88 Å². The smallest absolute Gasteiger partial charge is 0.261 e. The predicted octanol–water partition coefficient (Wildman–Crippen LogP) is 4.05. The number of nitrogens with zero attached hydrogens (tertiary/aromatic N) is 2. The number of thiophene rings is 1. The van der Waals surface area contributed by atoms with Crippen LogP contribution in [0.3, 0.4) is 0 Å². The number of hydrogen-bond donors (Lipinski definition) is 1. The summed E-state index contributed by atoms with van der Waals surface area (Å²) in [4.78, 5) is 5.74. The van der Waals surface area contributed by atoms with Crippen LogP contribution in [0.15, 0.2) is 4.52 Å². The molecule has 116 valence electrons. The molecule has 0 aliphatic heterocycles. The highest BCUT2D eigenvalue weighted by Gasteiger charge is 2.35. The van der Waals surface area contributed by atoms with Gasteiger partial charge in [-0.1, -0.05) is 19.0 Å². The fourth-order valence-electron chi connectivity index (χ4n) is 2.54. The van der Waals surface area contributed by atoms with Crippen molar-refractivity contribution in [3.05, 3.63) is 16.3 Å². The average molecular weight is 309 g/mol. The molecule has 0 radical (unpaired) electrons. The minimum Gasteiger partial charge on any atom is -0.390 e. The Kier molecular flexibility index (Phi) is 4.68. The fourth-order valence-corrected chi connectivity index (χ4v) is 3.47. The molecule has 2 aromatic heterocycles. The van der Waals surface area contributed by atoms with Crippen LogP contribution < -0.4 is 5.73 Å². The third-order valence-electron chi connectivity index (χ3n) is 4.02. The van der Waals surface area contributed by atoms with Gasteiger partial charge in [0.2, 0.25) is 5.82 Å². The molecule has 0 aromatic carbocycles. The molecule has 0 bridgehead atoms. The van der Waals surface area contributed by atoms with E-state index < -0.39 is 5.60 Å². The van der Waals surface area contributed by atoms with Crippen molar-refractivity contribution in [3.8, 4) is 11.5 Å². The molecule has 0 amide bonds. The van der Waals surface area contributed by atoms with E-state index in [4.69, 9.17) is 15.0 Å². The number of aryl methyl sites for hydroxylation is 1. The number of nitrogen functional groups attached to an aromatic ring is 1. The number of rotatable bonds is 6. The largest absolute Gasteiger partial charge is 0.390 e. The van der Waals surface area contributed by atoms with Gasteiger partial charge < -0.3 is 15.0 Å².